The average Bonchev–Trinajstić information content (AvgIpc) is 1.81. The molecule has 0 aromatic heterocycles. The van der Waals surface area contributed by atoms with Crippen molar-refractivity contribution < 1.29 is 4.79 Å². The molecule has 1 aliphatic carbocycles. The molecule has 1 N–H and O–H groups in total. The molecule has 1 spiro atoms. The van der Waals surface area contributed by atoms with Crippen molar-refractivity contribution in [3.8, 4) is 0 Å². The molecule has 1 saturated heterocycles. The first-order chi connectivity index (χ1) is 5.65. The highest BCUT2D eigenvalue weighted by atomic mass is 16.2. The van der Waals surface area contributed by atoms with Gasteiger partial charge in [0, 0.05) is 31.5 Å². The number of likely N-dealkylation sites (tertiary alicyclic amines) is 1. The van der Waals surface area contributed by atoms with Crippen molar-refractivity contribution >= 4 is 5.91 Å². The van der Waals surface area contributed by atoms with E-state index in [4.69, 9.17) is 0 Å². The van der Waals surface area contributed by atoms with Gasteiger partial charge < -0.3 is 10.2 Å². The predicted octanol–water partition coefficient (Wildman–Crippen LogP) is 0.217. The molecule has 0 aromatic rings. The molecule has 12 heavy (non-hydrogen) atoms. The third-order valence-electron chi connectivity index (χ3n) is 3.26. The summed E-state index contributed by atoms with van der Waals surface area (Å²) in [6, 6.07) is 0.708. The van der Waals surface area contributed by atoms with Crippen LogP contribution in [0.2, 0.25) is 0 Å². The number of hydrogen-bond acceptors (Lipinski definition) is 2. The van der Waals surface area contributed by atoms with Gasteiger partial charge in [-0.1, -0.05) is 0 Å². The first-order valence-corrected chi connectivity index (χ1v) is 4.58. The van der Waals surface area contributed by atoms with Crippen molar-refractivity contribution in [3.05, 3.63) is 0 Å². The summed E-state index contributed by atoms with van der Waals surface area (Å²) in [5.41, 5.74) is 0.513. The number of nitrogens with zero attached hydrogens (tertiary/aromatic N) is 1. The summed E-state index contributed by atoms with van der Waals surface area (Å²) in [6.07, 6.45) is 2.51. The molecule has 3 heteroatoms. The summed E-state index contributed by atoms with van der Waals surface area (Å²) in [6.45, 7) is 3.65. The fraction of sp³-hybridized carbons (Fsp3) is 0.889. The van der Waals surface area contributed by atoms with Gasteiger partial charge in [-0.2, -0.15) is 0 Å². The quantitative estimate of drug-likeness (QED) is 0.607. The minimum absolute atomic E-state index is 0.230. The molecule has 0 aromatic carbocycles. The van der Waals surface area contributed by atoms with Crippen LogP contribution >= 0.6 is 0 Å². The lowest BCUT2D eigenvalue weighted by atomic mass is 9.60. The van der Waals surface area contributed by atoms with E-state index in [1.165, 1.54) is 12.8 Å². The summed E-state index contributed by atoms with van der Waals surface area (Å²) < 4.78 is 0. The standard InChI is InChI=1S/C9H16N2O/c1-7(12)11-5-9(6-11)3-8(4-9)10-2/h8,10H,3-6H2,1-2H3. The predicted molar refractivity (Wildman–Crippen MR) is 46.8 cm³/mol. The molecule has 68 valence electrons. The third kappa shape index (κ3) is 1.04. The Morgan fingerprint density at radius 3 is 2.50 bits per heavy atom. The number of carbonyl (C=O) groups excluding carboxylic acids is 1. The van der Waals surface area contributed by atoms with Crippen LogP contribution in [0.15, 0.2) is 0 Å². The van der Waals surface area contributed by atoms with Crippen LogP contribution in [0.3, 0.4) is 0 Å². The fourth-order valence-electron chi connectivity index (χ4n) is 2.43. The van der Waals surface area contributed by atoms with Crippen molar-refractivity contribution in [2.45, 2.75) is 25.8 Å². The van der Waals surface area contributed by atoms with Crippen LogP contribution in [0.25, 0.3) is 0 Å². The Morgan fingerprint density at radius 2 is 2.08 bits per heavy atom. The summed E-state index contributed by atoms with van der Waals surface area (Å²) >= 11 is 0. The second-order valence-corrected chi connectivity index (χ2v) is 4.27. The van der Waals surface area contributed by atoms with Gasteiger partial charge in [0.15, 0.2) is 0 Å². The van der Waals surface area contributed by atoms with E-state index in [0.29, 0.717) is 11.5 Å². The Bertz CT molecular complexity index is 201. The molecule has 2 aliphatic rings. The lowest BCUT2D eigenvalue weighted by Gasteiger charge is -2.58. The molecular formula is C9H16N2O. The fourth-order valence-corrected chi connectivity index (χ4v) is 2.43. The van der Waals surface area contributed by atoms with Gasteiger partial charge in [-0.15, -0.1) is 0 Å². The van der Waals surface area contributed by atoms with E-state index >= 15 is 0 Å². The first-order valence-electron chi connectivity index (χ1n) is 4.58. The molecule has 0 unspecified atom stereocenters. The maximum atomic E-state index is 10.9. The van der Waals surface area contributed by atoms with Crippen LogP contribution in [-0.2, 0) is 4.79 Å². The van der Waals surface area contributed by atoms with Gasteiger partial charge in [-0.25, -0.2) is 0 Å². The highest BCUT2D eigenvalue weighted by Gasteiger charge is 2.52. The van der Waals surface area contributed by atoms with Gasteiger partial charge in [0.05, 0.1) is 0 Å². The van der Waals surface area contributed by atoms with Crippen LogP contribution in [-0.4, -0.2) is 37.0 Å². The zero-order valence-electron chi connectivity index (χ0n) is 7.76. The topological polar surface area (TPSA) is 32.3 Å². The van der Waals surface area contributed by atoms with Gasteiger partial charge >= 0.3 is 0 Å². The van der Waals surface area contributed by atoms with Gasteiger partial charge in [0.2, 0.25) is 5.91 Å². The minimum atomic E-state index is 0.230. The molecule has 0 bridgehead atoms. The van der Waals surface area contributed by atoms with Crippen LogP contribution in [0.4, 0.5) is 0 Å². The molecule has 2 rings (SSSR count). The van der Waals surface area contributed by atoms with Gasteiger partial charge in [-0.05, 0) is 19.9 Å². The minimum Gasteiger partial charge on any atom is -0.342 e. The third-order valence-corrected chi connectivity index (χ3v) is 3.26. The number of rotatable bonds is 1. The van der Waals surface area contributed by atoms with Crippen molar-refractivity contribution in [1.29, 1.82) is 0 Å². The lowest BCUT2D eigenvalue weighted by molar-refractivity contribution is -0.149. The van der Waals surface area contributed by atoms with E-state index in [1.807, 2.05) is 11.9 Å². The van der Waals surface area contributed by atoms with E-state index < -0.39 is 0 Å². The second kappa shape index (κ2) is 2.46. The normalized spacial score (nSPS) is 26.7. The first kappa shape index (κ1) is 8.05. The largest absolute Gasteiger partial charge is 0.342 e. The molecule has 1 amide bonds. The molecule has 1 aliphatic heterocycles. The summed E-state index contributed by atoms with van der Waals surface area (Å²) in [7, 11) is 2.01. The highest BCUT2D eigenvalue weighted by molar-refractivity contribution is 5.74. The van der Waals surface area contributed by atoms with Crippen LogP contribution in [0.1, 0.15) is 19.8 Å². The molecular weight excluding hydrogens is 152 g/mol. The Hall–Kier alpha value is -0.570. The maximum Gasteiger partial charge on any atom is 0.219 e. The molecule has 2 fully saturated rings. The summed E-state index contributed by atoms with van der Waals surface area (Å²) in [5, 5.41) is 3.27. The van der Waals surface area contributed by atoms with E-state index in [-0.39, 0.29) is 5.91 Å². The number of hydrogen-bond donors (Lipinski definition) is 1. The number of nitrogens with one attached hydrogen (secondary N) is 1. The highest BCUT2D eigenvalue weighted by Crippen LogP contribution is 2.48. The van der Waals surface area contributed by atoms with Crippen molar-refractivity contribution in [2.75, 3.05) is 20.1 Å². The van der Waals surface area contributed by atoms with Crippen LogP contribution in [0.5, 0.6) is 0 Å². The Kier molecular flexibility index (Phi) is 1.65. The average molecular weight is 168 g/mol. The lowest BCUT2D eigenvalue weighted by Crippen LogP contribution is -2.66. The zero-order chi connectivity index (χ0) is 8.77. The Morgan fingerprint density at radius 1 is 1.50 bits per heavy atom. The summed E-state index contributed by atoms with van der Waals surface area (Å²) in [5.74, 6) is 0.230. The molecule has 0 radical (unpaired) electrons. The smallest absolute Gasteiger partial charge is 0.219 e. The maximum absolute atomic E-state index is 10.9. The molecule has 0 atom stereocenters. The molecule has 1 saturated carbocycles. The monoisotopic (exact) mass is 168 g/mol. The molecule has 1 heterocycles. The van der Waals surface area contributed by atoms with Gasteiger partial charge in [-0.3, -0.25) is 4.79 Å². The van der Waals surface area contributed by atoms with Crippen LogP contribution < -0.4 is 5.32 Å². The van der Waals surface area contributed by atoms with E-state index in [0.717, 1.165) is 13.1 Å². The number of amides is 1. The Balaban J connectivity index is 1.79. The molecule has 3 nitrogen and oxygen atoms in total. The van der Waals surface area contributed by atoms with E-state index in [1.54, 1.807) is 6.92 Å². The zero-order valence-corrected chi connectivity index (χ0v) is 7.76. The number of carbonyl (C=O) groups is 1. The summed E-state index contributed by atoms with van der Waals surface area (Å²) in [4.78, 5) is 12.9. The second-order valence-electron chi connectivity index (χ2n) is 4.27. The van der Waals surface area contributed by atoms with E-state index in [2.05, 4.69) is 5.32 Å². The van der Waals surface area contributed by atoms with Crippen LogP contribution in [0, 0.1) is 5.41 Å². The van der Waals surface area contributed by atoms with Crippen molar-refractivity contribution in [2.24, 2.45) is 5.41 Å². The van der Waals surface area contributed by atoms with Crippen molar-refractivity contribution in [1.82, 2.24) is 10.2 Å². The Labute approximate surface area is 73.1 Å². The van der Waals surface area contributed by atoms with Gasteiger partial charge in [0.1, 0.15) is 0 Å². The van der Waals surface area contributed by atoms with E-state index in [9.17, 15) is 4.79 Å². The SMILES string of the molecule is CNC1CC2(C1)CN(C(C)=O)C2. The van der Waals surface area contributed by atoms with Gasteiger partial charge in [0.25, 0.3) is 0 Å². The van der Waals surface area contributed by atoms with Crippen molar-refractivity contribution in [3.63, 3.8) is 0 Å².